The van der Waals surface area contributed by atoms with Gasteiger partial charge in [-0.15, -0.1) is 0 Å². The molecule has 0 saturated heterocycles. The van der Waals surface area contributed by atoms with E-state index in [0.717, 1.165) is 18.9 Å². The van der Waals surface area contributed by atoms with Gasteiger partial charge in [-0.2, -0.15) is 0 Å². The van der Waals surface area contributed by atoms with Crippen LogP contribution in [0.25, 0.3) is 0 Å². The highest BCUT2D eigenvalue weighted by molar-refractivity contribution is 6.76. The molecule has 0 aliphatic carbocycles. The van der Waals surface area contributed by atoms with Crippen molar-refractivity contribution in [2.75, 3.05) is 0 Å². The van der Waals surface area contributed by atoms with Crippen molar-refractivity contribution in [2.24, 2.45) is 11.7 Å². The van der Waals surface area contributed by atoms with Crippen LogP contribution < -0.4 is 5.73 Å². The minimum absolute atomic E-state index is 0.112. The SMILES string of the molecule is CCCC(C[Si](C)(C)C)C(N)=O. The second-order valence-electron chi connectivity index (χ2n) is 4.65. The maximum Gasteiger partial charge on any atom is 0.220 e. The van der Waals surface area contributed by atoms with Crippen molar-refractivity contribution in [3.05, 3.63) is 0 Å². The topological polar surface area (TPSA) is 43.1 Å². The Labute approximate surface area is 76.5 Å². The molecule has 2 nitrogen and oxygen atoms in total. The third kappa shape index (κ3) is 5.35. The number of hydrogen-bond donors (Lipinski definition) is 1. The van der Waals surface area contributed by atoms with Crippen LogP contribution in [0.15, 0.2) is 0 Å². The lowest BCUT2D eigenvalue weighted by Gasteiger charge is -2.21. The summed E-state index contributed by atoms with van der Waals surface area (Å²) in [7, 11) is -1.12. The number of rotatable bonds is 5. The number of hydrogen-bond acceptors (Lipinski definition) is 1. The Balaban J connectivity index is 4.05. The summed E-state index contributed by atoms with van der Waals surface area (Å²) in [6.45, 7) is 8.93. The average Bonchev–Trinajstić information content (AvgIpc) is 1.83. The molecule has 1 atom stereocenters. The maximum absolute atomic E-state index is 11.0. The summed E-state index contributed by atoms with van der Waals surface area (Å²) in [6.07, 6.45) is 2.01. The molecule has 2 N–H and O–H groups in total. The van der Waals surface area contributed by atoms with E-state index in [2.05, 4.69) is 26.6 Å². The third-order valence-electron chi connectivity index (χ3n) is 1.90. The molecule has 72 valence electrons. The Bertz CT molecular complexity index is 151. The monoisotopic (exact) mass is 187 g/mol. The Morgan fingerprint density at radius 2 is 1.92 bits per heavy atom. The van der Waals surface area contributed by atoms with E-state index in [9.17, 15) is 4.79 Å². The standard InChI is InChI=1S/C9H21NOSi/c1-5-6-8(9(10)11)7-12(2,3)4/h8H,5-7H2,1-4H3,(H2,10,11). The molecule has 0 rings (SSSR count). The molecule has 0 heterocycles. The van der Waals surface area contributed by atoms with E-state index in [1.165, 1.54) is 0 Å². The fourth-order valence-corrected chi connectivity index (χ4v) is 3.32. The van der Waals surface area contributed by atoms with E-state index in [1.807, 2.05) is 0 Å². The summed E-state index contributed by atoms with van der Waals surface area (Å²) in [5, 5.41) is 0. The van der Waals surface area contributed by atoms with Crippen LogP contribution in [0.2, 0.25) is 25.7 Å². The minimum atomic E-state index is -1.12. The molecular weight excluding hydrogens is 166 g/mol. The van der Waals surface area contributed by atoms with Crippen LogP contribution in [0, 0.1) is 5.92 Å². The molecule has 0 aromatic rings. The first-order chi connectivity index (χ1) is 5.37. The van der Waals surface area contributed by atoms with Crippen LogP contribution in [-0.2, 0) is 4.79 Å². The van der Waals surface area contributed by atoms with Gasteiger partial charge in [-0.25, -0.2) is 0 Å². The zero-order chi connectivity index (χ0) is 9.78. The predicted molar refractivity (Wildman–Crippen MR) is 55.7 cm³/mol. The Morgan fingerprint density at radius 3 is 2.17 bits per heavy atom. The summed E-state index contributed by atoms with van der Waals surface area (Å²) in [5.41, 5.74) is 5.31. The maximum atomic E-state index is 11.0. The first-order valence-corrected chi connectivity index (χ1v) is 8.37. The molecule has 0 aliphatic heterocycles. The lowest BCUT2D eigenvalue weighted by molar-refractivity contribution is -0.121. The summed E-state index contributed by atoms with van der Waals surface area (Å²) in [5.74, 6) is 0.0148. The molecule has 1 amide bonds. The highest BCUT2D eigenvalue weighted by Gasteiger charge is 2.23. The first kappa shape index (κ1) is 11.7. The van der Waals surface area contributed by atoms with Crippen LogP contribution in [0.3, 0.4) is 0 Å². The molecular formula is C9H21NOSi. The number of primary amides is 1. The van der Waals surface area contributed by atoms with Crippen molar-refractivity contribution in [2.45, 2.75) is 45.5 Å². The zero-order valence-electron chi connectivity index (χ0n) is 8.68. The molecule has 0 aromatic carbocycles. The predicted octanol–water partition coefficient (Wildman–Crippen LogP) is 2.23. The smallest absolute Gasteiger partial charge is 0.220 e. The second-order valence-corrected chi connectivity index (χ2v) is 10.2. The number of carbonyl (C=O) groups excluding carboxylic acids is 1. The number of amides is 1. The fraction of sp³-hybridized carbons (Fsp3) is 0.889. The van der Waals surface area contributed by atoms with E-state index in [-0.39, 0.29) is 11.8 Å². The normalized spacial score (nSPS) is 14.3. The van der Waals surface area contributed by atoms with Crippen LogP contribution in [-0.4, -0.2) is 14.0 Å². The summed E-state index contributed by atoms with van der Waals surface area (Å²) in [6, 6.07) is 1.04. The molecule has 12 heavy (non-hydrogen) atoms. The van der Waals surface area contributed by atoms with Gasteiger partial charge >= 0.3 is 0 Å². The van der Waals surface area contributed by atoms with Crippen molar-refractivity contribution in [3.8, 4) is 0 Å². The lowest BCUT2D eigenvalue weighted by atomic mass is 10.1. The number of carbonyl (C=O) groups is 1. The number of nitrogens with two attached hydrogens (primary N) is 1. The third-order valence-corrected chi connectivity index (χ3v) is 3.62. The van der Waals surface area contributed by atoms with Crippen molar-refractivity contribution < 1.29 is 4.79 Å². The van der Waals surface area contributed by atoms with E-state index < -0.39 is 8.07 Å². The van der Waals surface area contributed by atoms with E-state index >= 15 is 0 Å². The van der Waals surface area contributed by atoms with Crippen molar-refractivity contribution >= 4 is 14.0 Å². The molecule has 0 aromatic heterocycles. The average molecular weight is 187 g/mol. The molecule has 0 bridgehead atoms. The van der Waals surface area contributed by atoms with E-state index in [4.69, 9.17) is 5.73 Å². The van der Waals surface area contributed by atoms with Gasteiger partial charge in [0, 0.05) is 14.0 Å². The van der Waals surface area contributed by atoms with Gasteiger partial charge in [0.15, 0.2) is 0 Å². The van der Waals surface area contributed by atoms with Gasteiger partial charge in [0.25, 0.3) is 0 Å². The van der Waals surface area contributed by atoms with Crippen LogP contribution in [0.4, 0.5) is 0 Å². The molecule has 1 unspecified atom stereocenters. The second kappa shape index (κ2) is 4.65. The first-order valence-electron chi connectivity index (χ1n) is 4.66. The summed E-state index contributed by atoms with van der Waals surface area (Å²) < 4.78 is 0. The highest BCUT2D eigenvalue weighted by Crippen LogP contribution is 2.20. The van der Waals surface area contributed by atoms with Gasteiger partial charge < -0.3 is 5.73 Å². The van der Waals surface area contributed by atoms with Crippen molar-refractivity contribution in [1.82, 2.24) is 0 Å². The fourth-order valence-electron chi connectivity index (χ4n) is 1.43. The molecule has 3 heteroatoms. The van der Waals surface area contributed by atoms with Gasteiger partial charge in [0.1, 0.15) is 0 Å². The molecule has 0 aliphatic rings. The highest BCUT2D eigenvalue weighted by atomic mass is 28.3. The van der Waals surface area contributed by atoms with Crippen molar-refractivity contribution in [1.29, 1.82) is 0 Å². The molecule has 0 spiro atoms. The van der Waals surface area contributed by atoms with Gasteiger partial charge in [-0.1, -0.05) is 33.0 Å². The minimum Gasteiger partial charge on any atom is -0.369 e. The van der Waals surface area contributed by atoms with Gasteiger partial charge in [0.2, 0.25) is 5.91 Å². The van der Waals surface area contributed by atoms with Crippen molar-refractivity contribution in [3.63, 3.8) is 0 Å². The molecule has 0 fully saturated rings. The molecule has 0 radical (unpaired) electrons. The molecule has 0 saturated carbocycles. The Kier molecular flexibility index (Phi) is 4.53. The van der Waals surface area contributed by atoms with Crippen LogP contribution in [0.1, 0.15) is 19.8 Å². The van der Waals surface area contributed by atoms with E-state index in [0.29, 0.717) is 0 Å². The van der Waals surface area contributed by atoms with Gasteiger partial charge in [0.05, 0.1) is 0 Å². The Morgan fingerprint density at radius 1 is 1.42 bits per heavy atom. The summed E-state index contributed by atoms with van der Waals surface area (Å²) in [4.78, 5) is 11.0. The lowest BCUT2D eigenvalue weighted by Crippen LogP contribution is -2.31. The van der Waals surface area contributed by atoms with Gasteiger partial charge in [-0.05, 0) is 12.5 Å². The van der Waals surface area contributed by atoms with Gasteiger partial charge in [-0.3, -0.25) is 4.79 Å². The van der Waals surface area contributed by atoms with Crippen LogP contribution >= 0.6 is 0 Å². The largest absolute Gasteiger partial charge is 0.369 e. The van der Waals surface area contributed by atoms with Crippen LogP contribution in [0.5, 0.6) is 0 Å². The summed E-state index contributed by atoms with van der Waals surface area (Å²) >= 11 is 0. The van der Waals surface area contributed by atoms with E-state index in [1.54, 1.807) is 0 Å². The zero-order valence-corrected chi connectivity index (χ0v) is 9.68. The Hall–Kier alpha value is -0.313. The quantitative estimate of drug-likeness (QED) is 0.659.